The summed E-state index contributed by atoms with van der Waals surface area (Å²) in [7, 11) is 0. The minimum Gasteiger partial charge on any atom is -0.872 e. The van der Waals surface area contributed by atoms with E-state index in [0.717, 1.165) is 12.1 Å². The van der Waals surface area contributed by atoms with Crippen molar-refractivity contribution in [3.8, 4) is 12.1 Å². The van der Waals surface area contributed by atoms with Crippen LogP contribution in [0.25, 0.3) is 5.76 Å². The second kappa shape index (κ2) is 5.23. The molecule has 0 aromatic heterocycles. The van der Waals surface area contributed by atoms with Gasteiger partial charge in [0.1, 0.15) is 0 Å². The summed E-state index contributed by atoms with van der Waals surface area (Å²) in [5.41, 5.74) is -0.446. The van der Waals surface area contributed by atoms with Crippen molar-refractivity contribution in [3.63, 3.8) is 0 Å². The van der Waals surface area contributed by atoms with Crippen LogP contribution in [0.3, 0.4) is 0 Å². The Bertz CT molecular complexity index is 602. The van der Waals surface area contributed by atoms with Gasteiger partial charge >= 0.3 is 6.18 Å². The molecule has 0 aliphatic heterocycles. The molecule has 1 aromatic carbocycles. The third kappa shape index (κ3) is 3.58. The molecule has 0 unspecified atom stereocenters. The number of carbonyl (C=O) groups is 1. The van der Waals surface area contributed by atoms with Gasteiger partial charge in [-0.2, -0.15) is 23.7 Å². The van der Waals surface area contributed by atoms with Gasteiger partial charge in [-0.15, -0.1) is 0 Å². The fourth-order valence-electron chi connectivity index (χ4n) is 1.18. The van der Waals surface area contributed by atoms with Crippen molar-refractivity contribution in [2.75, 3.05) is 0 Å². The number of allylic oxidation sites excluding steroid dienone is 1. The molecule has 0 radical (unpaired) electrons. The van der Waals surface area contributed by atoms with Gasteiger partial charge in [0.15, 0.2) is 0 Å². The van der Waals surface area contributed by atoms with Crippen molar-refractivity contribution >= 4 is 11.5 Å². The molecule has 1 aromatic rings. The second-order valence-corrected chi connectivity index (χ2v) is 3.39. The van der Waals surface area contributed by atoms with Gasteiger partial charge in [0, 0.05) is 0 Å². The van der Waals surface area contributed by atoms with Crippen LogP contribution < -0.4 is 5.11 Å². The Balaban J connectivity index is 3.25. The zero-order valence-corrected chi connectivity index (χ0v) is 9.15. The number of ketones is 1. The maximum atomic E-state index is 12.0. The molecule has 0 fully saturated rings. The highest BCUT2D eigenvalue weighted by Gasteiger charge is 2.36. The maximum absolute atomic E-state index is 12.0. The van der Waals surface area contributed by atoms with Crippen molar-refractivity contribution < 1.29 is 23.1 Å². The molecule has 96 valence electrons. The molecule has 19 heavy (non-hydrogen) atoms. The van der Waals surface area contributed by atoms with Gasteiger partial charge in [-0.05, 0) is 29.8 Å². The lowest BCUT2D eigenvalue weighted by Gasteiger charge is -2.13. The summed E-state index contributed by atoms with van der Waals surface area (Å²) in [4.78, 5) is 10.6. The standard InChI is InChI=1S/C12H5F3N2O2/c13-12(14,15)11(19)4-10(18)9-2-7(5-16)1-8(3-9)6-17/h1-4,18H/p-1/b10-4-. The van der Waals surface area contributed by atoms with Crippen LogP contribution in [0, 0.1) is 22.7 Å². The Kier molecular flexibility index (Phi) is 3.93. The zero-order valence-electron chi connectivity index (χ0n) is 9.15. The summed E-state index contributed by atoms with van der Waals surface area (Å²) in [6, 6.07) is 6.49. The second-order valence-electron chi connectivity index (χ2n) is 3.39. The summed E-state index contributed by atoms with van der Waals surface area (Å²) in [5, 5.41) is 28.7. The van der Waals surface area contributed by atoms with Crippen molar-refractivity contribution in [2.45, 2.75) is 6.18 Å². The van der Waals surface area contributed by atoms with Crippen molar-refractivity contribution in [1.29, 1.82) is 10.5 Å². The van der Waals surface area contributed by atoms with E-state index in [9.17, 15) is 23.1 Å². The highest BCUT2D eigenvalue weighted by molar-refractivity contribution is 5.99. The average molecular weight is 265 g/mol. The largest absolute Gasteiger partial charge is 0.872 e. The first-order chi connectivity index (χ1) is 8.77. The molecule has 0 atom stereocenters. The predicted octanol–water partition coefficient (Wildman–Crippen LogP) is 1.26. The molecule has 7 heteroatoms. The molecular formula is C12H4F3N2O2-. The van der Waals surface area contributed by atoms with Crippen LogP contribution >= 0.6 is 0 Å². The Morgan fingerprint density at radius 2 is 1.63 bits per heavy atom. The maximum Gasteiger partial charge on any atom is 0.454 e. The lowest BCUT2D eigenvalue weighted by Crippen LogP contribution is -2.22. The first-order valence-corrected chi connectivity index (χ1v) is 4.73. The SMILES string of the molecule is N#Cc1cc(C#N)cc(/C([O-])=C/C(=O)C(F)(F)F)c1. The minimum absolute atomic E-state index is 0.0599. The van der Waals surface area contributed by atoms with Crippen LogP contribution in [-0.2, 0) is 4.79 Å². The topological polar surface area (TPSA) is 87.7 Å². The van der Waals surface area contributed by atoms with Gasteiger partial charge in [0.05, 0.1) is 23.3 Å². The number of rotatable bonds is 2. The van der Waals surface area contributed by atoms with Gasteiger partial charge in [-0.1, -0.05) is 5.76 Å². The molecule has 4 nitrogen and oxygen atoms in total. The Morgan fingerprint density at radius 1 is 1.16 bits per heavy atom. The quantitative estimate of drug-likeness (QED) is 0.595. The fraction of sp³-hybridized carbons (Fsp3) is 0.0833. The smallest absolute Gasteiger partial charge is 0.454 e. The van der Waals surface area contributed by atoms with Crippen molar-refractivity contribution in [3.05, 3.63) is 41.0 Å². The van der Waals surface area contributed by atoms with E-state index in [-0.39, 0.29) is 22.8 Å². The molecule has 0 aliphatic rings. The first-order valence-electron chi connectivity index (χ1n) is 4.73. The summed E-state index contributed by atoms with van der Waals surface area (Å²) in [6.07, 6.45) is -5.25. The van der Waals surface area contributed by atoms with Crippen LogP contribution in [0.4, 0.5) is 13.2 Å². The fourth-order valence-corrected chi connectivity index (χ4v) is 1.18. The van der Waals surface area contributed by atoms with E-state index in [4.69, 9.17) is 10.5 Å². The number of nitriles is 2. The van der Waals surface area contributed by atoms with Crippen molar-refractivity contribution in [1.82, 2.24) is 0 Å². The third-order valence-electron chi connectivity index (χ3n) is 2.02. The number of halogens is 3. The highest BCUT2D eigenvalue weighted by atomic mass is 19.4. The van der Waals surface area contributed by atoms with E-state index in [0.29, 0.717) is 0 Å². The molecule has 1 rings (SSSR count). The van der Waals surface area contributed by atoms with E-state index in [2.05, 4.69) is 0 Å². The molecule has 0 spiro atoms. The Morgan fingerprint density at radius 3 is 2.00 bits per heavy atom. The molecule has 0 N–H and O–H groups in total. The summed E-state index contributed by atoms with van der Waals surface area (Å²) in [6.45, 7) is 0. The monoisotopic (exact) mass is 265 g/mol. The number of nitrogens with zero attached hydrogens (tertiary/aromatic N) is 2. The number of carbonyl (C=O) groups excluding carboxylic acids is 1. The minimum atomic E-state index is -5.14. The number of hydrogen-bond donors (Lipinski definition) is 0. The molecular weight excluding hydrogens is 261 g/mol. The Labute approximate surface area is 105 Å². The highest BCUT2D eigenvalue weighted by Crippen LogP contribution is 2.20. The molecule has 0 saturated heterocycles. The van der Waals surface area contributed by atoms with E-state index >= 15 is 0 Å². The van der Waals surface area contributed by atoms with E-state index < -0.39 is 17.7 Å². The summed E-state index contributed by atoms with van der Waals surface area (Å²) in [5.74, 6) is -3.51. The summed E-state index contributed by atoms with van der Waals surface area (Å²) < 4.78 is 35.9. The zero-order chi connectivity index (χ0) is 14.6. The molecule has 0 heterocycles. The van der Waals surface area contributed by atoms with Crippen LogP contribution in [0.15, 0.2) is 24.3 Å². The number of hydrogen-bond acceptors (Lipinski definition) is 4. The number of benzene rings is 1. The van der Waals surface area contributed by atoms with Crippen LogP contribution in [-0.4, -0.2) is 12.0 Å². The predicted molar refractivity (Wildman–Crippen MR) is 54.9 cm³/mol. The van der Waals surface area contributed by atoms with E-state index in [1.165, 1.54) is 6.07 Å². The summed E-state index contributed by atoms with van der Waals surface area (Å²) >= 11 is 0. The van der Waals surface area contributed by atoms with Crippen LogP contribution in [0.2, 0.25) is 0 Å². The van der Waals surface area contributed by atoms with Gasteiger partial charge in [-0.25, -0.2) is 0 Å². The van der Waals surface area contributed by atoms with Crippen LogP contribution in [0.1, 0.15) is 16.7 Å². The van der Waals surface area contributed by atoms with Gasteiger partial charge < -0.3 is 5.11 Å². The van der Waals surface area contributed by atoms with E-state index in [1.807, 2.05) is 0 Å². The van der Waals surface area contributed by atoms with E-state index in [1.54, 1.807) is 12.1 Å². The molecule has 0 saturated carbocycles. The first kappa shape index (κ1) is 14.3. The normalized spacial score (nSPS) is 11.5. The lowest BCUT2D eigenvalue weighted by molar-refractivity contribution is -0.244. The van der Waals surface area contributed by atoms with Crippen LogP contribution in [0.5, 0.6) is 0 Å². The van der Waals surface area contributed by atoms with Gasteiger partial charge in [-0.3, -0.25) is 4.79 Å². The average Bonchev–Trinajstić information content (AvgIpc) is 2.36. The molecule has 0 bridgehead atoms. The Hall–Kier alpha value is -2.80. The van der Waals surface area contributed by atoms with Crippen molar-refractivity contribution in [2.24, 2.45) is 0 Å². The lowest BCUT2D eigenvalue weighted by atomic mass is 10.0. The molecule has 0 amide bonds. The number of alkyl halides is 3. The third-order valence-corrected chi connectivity index (χ3v) is 2.02. The van der Waals surface area contributed by atoms with Gasteiger partial charge in [0.25, 0.3) is 5.78 Å². The van der Waals surface area contributed by atoms with Gasteiger partial charge in [0.2, 0.25) is 0 Å². The molecule has 0 aliphatic carbocycles.